The summed E-state index contributed by atoms with van der Waals surface area (Å²) < 4.78 is 6.58. The Morgan fingerprint density at radius 2 is 2.40 bits per heavy atom. The van der Waals surface area contributed by atoms with Crippen molar-refractivity contribution in [3.63, 3.8) is 0 Å². The summed E-state index contributed by atoms with van der Waals surface area (Å²) in [6.45, 7) is 3.57. The summed E-state index contributed by atoms with van der Waals surface area (Å²) in [6, 6.07) is 1.82. The lowest BCUT2D eigenvalue weighted by atomic mass is 10.0. The molecular weight excluding hydrogens is 194 g/mol. The molecule has 0 spiro atoms. The largest absolute Gasteiger partial charge is 0.383 e. The van der Waals surface area contributed by atoms with Crippen molar-refractivity contribution >= 4 is 0 Å². The highest BCUT2D eigenvalue weighted by molar-refractivity contribution is 5.09. The number of hydrogen-bond donors (Lipinski definition) is 2. The van der Waals surface area contributed by atoms with Crippen LogP contribution in [0.2, 0.25) is 0 Å². The van der Waals surface area contributed by atoms with Gasteiger partial charge in [0.2, 0.25) is 0 Å². The molecule has 1 aromatic heterocycles. The van der Waals surface area contributed by atoms with E-state index in [1.54, 1.807) is 18.7 Å². The van der Waals surface area contributed by atoms with Crippen molar-refractivity contribution in [1.82, 2.24) is 15.1 Å². The number of aliphatic hydroxyl groups is 1. The molecular formula is C10H19N3O2. The van der Waals surface area contributed by atoms with Gasteiger partial charge in [0.25, 0.3) is 0 Å². The molecule has 1 heterocycles. The Morgan fingerprint density at radius 1 is 1.67 bits per heavy atom. The second-order valence-electron chi connectivity index (χ2n) is 3.82. The van der Waals surface area contributed by atoms with E-state index in [1.165, 1.54) is 0 Å². The molecule has 1 unspecified atom stereocenters. The third kappa shape index (κ3) is 3.62. The fourth-order valence-electron chi connectivity index (χ4n) is 1.30. The highest BCUT2D eigenvalue weighted by atomic mass is 16.5. The van der Waals surface area contributed by atoms with Gasteiger partial charge in [0.15, 0.2) is 0 Å². The summed E-state index contributed by atoms with van der Waals surface area (Å²) in [7, 11) is 3.48. The van der Waals surface area contributed by atoms with Gasteiger partial charge in [-0.2, -0.15) is 5.10 Å². The number of methoxy groups -OCH3 is 1. The molecule has 0 bridgehead atoms. The van der Waals surface area contributed by atoms with E-state index in [9.17, 15) is 5.11 Å². The van der Waals surface area contributed by atoms with Gasteiger partial charge in [-0.05, 0) is 13.0 Å². The van der Waals surface area contributed by atoms with Gasteiger partial charge < -0.3 is 15.2 Å². The molecule has 0 saturated heterocycles. The second-order valence-corrected chi connectivity index (χ2v) is 3.82. The Labute approximate surface area is 90.1 Å². The molecule has 0 aromatic carbocycles. The zero-order valence-corrected chi connectivity index (χ0v) is 9.53. The molecule has 86 valence electrons. The van der Waals surface area contributed by atoms with E-state index in [4.69, 9.17) is 4.74 Å². The summed E-state index contributed by atoms with van der Waals surface area (Å²) in [5.74, 6) is 0. The average Bonchev–Trinajstić information content (AvgIpc) is 2.60. The van der Waals surface area contributed by atoms with Crippen molar-refractivity contribution in [3.05, 3.63) is 18.0 Å². The molecule has 0 radical (unpaired) electrons. The standard InChI is InChI=1S/C10H19N3O2/c1-10(14,8-11-5-7-15-3)9-4-6-13(2)12-9/h4,6,11,14H,5,7-8H2,1-3H3. The maximum atomic E-state index is 10.1. The van der Waals surface area contributed by atoms with Gasteiger partial charge in [-0.15, -0.1) is 0 Å². The zero-order chi connectivity index (χ0) is 11.3. The van der Waals surface area contributed by atoms with Crippen LogP contribution in [0.1, 0.15) is 12.6 Å². The minimum absolute atomic E-state index is 0.466. The lowest BCUT2D eigenvalue weighted by molar-refractivity contribution is 0.0500. The van der Waals surface area contributed by atoms with E-state index in [-0.39, 0.29) is 0 Å². The topological polar surface area (TPSA) is 59.3 Å². The van der Waals surface area contributed by atoms with Crippen LogP contribution in [0.4, 0.5) is 0 Å². The van der Waals surface area contributed by atoms with Crippen LogP contribution in [0.15, 0.2) is 12.3 Å². The average molecular weight is 213 g/mol. The number of aromatic nitrogens is 2. The van der Waals surface area contributed by atoms with Gasteiger partial charge in [0.05, 0.1) is 12.3 Å². The van der Waals surface area contributed by atoms with Crippen LogP contribution in [0.25, 0.3) is 0 Å². The van der Waals surface area contributed by atoms with E-state index in [0.29, 0.717) is 18.8 Å². The lowest BCUT2D eigenvalue weighted by Gasteiger charge is -2.21. The van der Waals surface area contributed by atoms with Crippen molar-refractivity contribution in [2.24, 2.45) is 7.05 Å². The van der Waals surface area contributed by atoms with Crippen molar-refractivity contribution in [3.8, 4) is 0 Å². The summed E-state index contributed by atoms with van der Waals surface area (Å²) in [5.41, 5.74) is -0.260. The lowest BCUT2D eigenvalue weighted by Crippen LogP contribution is -2.37. The maximum Gasteiger partial charge on any atom is 0.118 e. The van der Waals surface area contributed by atoms with Gasteiger partial charge in [-0.3, -0.25) is 4.68 Å². The van der Waals surface area contributed by atoms with Crippen molar-refractivity contribution in [2.75, 3.05) is 26.8 Å². The SMILES string of the molecule is COCCNCC(C)(O)c1ccn(C)n1. The number of rotatable bonds is 6. The van der Waals surface area contributed by atoms with E-state index in [2.05, 4.69) is 10.4 Å². The Hall–Kier alpha value is -0.910. The molecule has 1 rings (SSSR count). The molecule has 0 amide bonds. The van der Waals surface area contributed by atoms with E-state index < -0.39 is 5.60 Å². The quantitative estimate of drug-likeness (QED) is 0.646. The highest BCUT2D eigenvalue weighted by Gasteiger charge is 2.24. The normalized spacial score (nSPS) is 15.2. The first kappa shape index (κ1) is 12.2. The van der Waals surface area contributed by atoms with Crippen LogP contribution in [-0.4, -0.2) is 41.7 Å². The molecule has 5 nitrogen and oxygen atoms in total. The van der Waals surface area contributed by atoms with Crippen LogP contribution < -0.4 is 5.32 Å². The number of nitrogens with one attached hydrogen (secondary N) is 1. The number of nitrogens with zero attached hydrogens (tertiary/aromatic N) is 2. The fraction of sp³-hybridized carbons (Fsp3) is 0.700. The minimum atomic E-state index is -0.936. The Bertz CT molecular complexity index is 297. The number of ether oxygens (including phenoxy) is 1. The summed E-state index contributed by atoms with van der Waals surface area (Å²) >= 11 is 0. The number of hydrogen-bond acceptors (Lipinski definition) is 4. The Balaban J connectivity index is 2.44. The highest BCUT2D eigenvalue weighted by Crippen LogP contribution is 2.16. The van der Waals surface area contributed by atoms with Crippen molar-refractivity contribution in [1.29, 1.82) is 0 Å². The molecule has 0 aliphatic rings. The first-order chi connectivity index (χ1) is 7.06. The van der Waals surface area contributed by atoms with E-state index in [0.717, 1.165) is 6.54 Å². The Kier molecular flexibility index (Phi) is 4.26. The smallest absolute Gasteiger partial charge is 0.118 e. The summed E-state index contributed by atoms with van der Waals surface area (Å²) in [4.78, 5) is 0. The molecule has 2 N–H and O–H groups in total. The number of aryl methyl sites for hydroxylation is 1. The Morgan fingerprint density at radius 3 is 2.93 bits per heavy atom. The summed E-state index contributed by atoms with van der Waals surface area (Å²) in [6.07, 6.45) is 1.82. The molecule has 0 aliphatic carbocycles. The molecule has 15 heavy (non-hydrogen) atoms. The van der Waals surface area contributed by atoms with Gasteiger partial charge in [-0.1, -0.05) is 0 Å². The van der Waals surface area contributed by atoms with Crippen LogP contribution >= 0.6 is 0 Å². The predicted molar refractivity (Wildman–Crippen MR) is 57.5 cm³/mol. The van der Waals surface area contributed by atoms with Gasteiger partial charge >= 0.3 is 0 Å². The van der Waals surface area contributed by atoms with E-state index in [1.807, 2.05) is 19.3 Å². The fourth-order valence-corrected chi connectivity index (χ4v) is 1.30. The first-order valence-corrected chi connectivity index (χ1v) is 4.98. The molecule has 1 aromatic rings. The first-order valence-electron chi connectivity index (χ1n) is 4.98. The molecule has 1 atom stereocenters. The monoisotopic (exact) mass is 213 g/mol. The van der Waals surface area contributed by atoms with Crippen molar-refractivity contribution in [2.45, 2.75) is 12.5 Å². The van der Waals surface area contributed by atoms with Crippen LogP contribution in [0.3, 0.4) is 0 Å². The molecule has 0 fully saturated rings. The van der Waals surface area contributed by atoms with Gasteiger partial charge in [0, 0.05) is 33.4 Å². The molecule has 5 heteroatoms. The second kappa shape index (κ2) is 5.25. The van der Waals surface area contributed by atoms with Crippen LogP contribution in [0.5, 0.6) is 0 Å². The third-order valence-electron chi connectivity index (χ3n) is 2.22. The molecule has 0 saturated carbocycles. The summed E-state index contributed by atoms with van der Waals surface area (Å²) in [5, 5.41) is 17.4. The van der Waals surface area contributed by atoms with E-state index >= 15 is 0 Å². The maximum absolute atomic E-state index is 10.1. The van der Waals surface area contributed by atoms with Crippen LogP contribution in [0, 0.1) is 0 Å². The molecule has 0 aliphatic heterocycles. The predicted octanol–water partition coefficient (Wildman–Crippen LogP) is -0.136. The van der Waals surface area contributed by atoms with Crippen LogP contribution in [-0.2, 0) is 17.4 Å². The zero-order valence-electron chi connectivity index (χ0n) is 9.53. The van der Waals surface area contributed by atoms with Crippen molar-refractivity contribution < 1.29 is 9.84 Å². The van der Waals surface area contributed by atoms with Gasteiger partial charge in [0.1, 0.15) is 5.60 Å². The minimum Gasteiger partial charge on any atom is -0.383 e. The third-order valence-corrected chi connectivity index (χ3v) is 2.22. The van der Waals surface area contributed by atoms with Gasteiger partial charge in [-0.25, -0.2) is 0 Å².